The van der Waals surface area contributed by atoms with E-state index < -0.39 is 0 Å². The van der Waals surface area contributed by atoms with Crippen molar-refractivity contribution in [3.63, 3.8) is 0 Å². The number of hydrogen-bond donors (Lipinski definition) is 0. The van der Waals surface area contributed by atoms with E-state index >= 15 is 0 Å². The topological polar surface area (TPSA) is 0 Å². The minimum absolute atomic E-state index is 0.634. The van der Waals surface area contributed by atoms with E-state index in [9.17, 15) is 0 Å². The lowest BCUT2D eigenvalue weighted by Crippen LogP contribution is -1.84. The molecule has 0 saturated carbocycles. The highest BCUT2D eigenvalue weighted by Gasteiger charge is 1.92. The molecule has 0 amide bonds. The van der Waals surface area contributed by atoms with Gasteiger partial charge in [-0.2, -0.15) is 0 Å². The maximum absolute atomic E-state index is 5.61. The molecule has 0 saturated heterocycles. The van der Waals surface area contributed by atoms with E-state index in [0.717, 1.165) is 6.42 Å². The molecule has 0 spiro atoms. The van der Waals surface area contributed by atoms with Gasteiger partial charge >= 0.3 is 0 Å². The summed E-state index contributed by atoms with van der Waals surface area (Å²) >= 11 is 5.61. The van der Waals surface area contributed by atoms with Gasteiger partial charge in [-0.3, -0.25) is 0 Å². The highest BCUT2D eigenvalue weighted by atomic mass is 35.5. The molecule has 0 radical (unpaired) electrons. The van der Waals surface area contributed by atoms with Crippen molar-refractivity contribution in [3.8, 4) is 0 Å². The van der Waals surface area contributed by atoms with Crippen LogP contribution in [0.1, 0.15) is 51.9 Å². The summed E-state index contributed by atoms with van der Waals surface area (Å²) in [6, 6.07) is 0. The van der Waals surface area contributed by atoms with Crippen molar-refractivity contribution >= 4 is 11.6 Å². The zero-order chi connectivity index (χ0) is 9.23. The fourth-order valence-corrected chi connectivity index (χ4v) is 1.36. The van der Waals surface area contributed by atoms with Crippen LogP contribution in [0, 0.1) is 0 Å². The van der Waals surface area contributed by atoms with Crippen LogP contribution < -0.4 is 0 Å². The Balaban J connectivity index is 2.95. The minimum Gasteiger partial charge on any atom is -0.122 e. The van der Waals surface area contributed by atoms with Gasteiger partial charge in [0.1, 0.15) is 0 Å². The molecule has 0 aromatic heterocycles. The van der Waals surface area contributed by atoms with Gasteiger partial charge in [0.05, 0.1) is 0 Å². The first-order valence-corrected chi connectivity index (χ1v) is 5.57. The predicted octanol–water partition coefficient (Wildman–Crippen LogP) is 4.53. The molecule has 12 heavy (non-hydrogen) atoms. The van der Waals surface area contributed by atoms with Crippen molar-refractivity contribution < 1.29 is 0 Å². The quantitative estimate of drug-likeness (QED) is 0.298. The van der Waals surface area contributed by atoms with Gasteiger partial charge in [0, 0.05) is 5.88 Å². The predicted molar refractivity (Wildman–Crippen MR) is 57.9 cm³/mol. The van der Waals surface area contributed by atoms with Crippen LogP contribution in [0.3, 0.4) is 0 Å². The van der Waals surface area contributed by atoms with Crippen LogP contribution >= 0.6 is 11.6 Å². The second-order valence-electron chi connectivity index (χ2n) is 3.40. The minimum atomic E-state index is 0.634. The van der Waals surface area contributed by atoms with E-state index in [-0.39, 0.29) is 0 Å². The Labute approximate surface area is 82.0 Å². The molecular formula is C11H21Cl. The monoisotopic (exact) mass is 188 g/mol. The number of allylic oxidation sites excluding steroid dienone is 1. The van der Waals surface area contributed by atoms with Crippen molar-refractivity contribution in [3.05, 3.63) is 12.2 Å². The van der Waals surface area contributed by atoms with Crippen LogP contribution in [0.4, 0.5) is 0 Å². The van der Waals surface area contributed by atoms with Gasteiger partial charge in [-0.1, -0.05) is 51.2 Å². The lowest BCUT2D eigenvalue weighted by molar-refractivity contribution is 0.607. The highest BCUT2D eigenvalue weighted by Crippen LogP contribution is 2.11. The maximum Gasteiger partial charge on any atom is 0.0430 e. The number of halogens is 1. The molecule has 0 nitrogen and oxygen atoms in total. The number of rotatable bonds is 8. The zero-order valence-corrected chi connectivity index (χ0v) is 9.00. The largest absolute Gasteiger partial charge is 0.122 e. The van der Waals surface area contributed by atoms with E-state index in [2.05, 4.69) is 13.5 Å². The number of alkyl halides is 1. The molecule has 1 heteroatoms. The standard InChI is InChI=1S/C11H21Cl/c1-3-4-5-6-7-8-9-11(2)10-12/h2-10H2,1H3. The summed E-state index contributed by atoms with van der Waals surface area (Å²) in [5.41, 5.74) is 1.19. The molecular weight excluding hydrogens is 168 g/mol. The summed E-state index contributed by atoms with van der Waals surface area (Å²) in [5.74, 6) is 0.634. The first-order valence-electron chi connectivity index (χ1n) is 5.04. The Morgan fingerprint density at radius 3 is 2.25 bits per heavy atom. The molecule has 72 valence electrons. The van der Waals surface area contributed by atoms with E-state index in [1.165, 1.54) is 44.1 Å². The normalized spacial score (nSPS) is 10.2. The molecule has 0 N–H and O–H groups in total. The van der Waals surface area contributed by atoms with Crippen molar-refractivity contribution in [2.75, 3.05) is 5.88 Å². The smallest absolute Gasteiger partial charge is 0.0430 e. The van der Waals surface area contributed by atoms with Crippen molar-refractivity contribution in [2.45, 2.75) is 51.9 Å². The Kier molecular flexibility index (Phi) is 9.14. The van der Waals surface area contributed by atoms with Crippen molar-refractivity contribution in [1.82, 2.24) is 0 Å². The molecule has 0 aliphatic carbocycles. The summed E-state index contributed by atoms with van der Waals surface area (Å²) in [6.45, 7) is 6.12. The van der Waals surface area contributed by atoms with E-state index in [1.807, 2.05) is 0 Å². The van der Waals surface area contributed by atoms with Crippen LogP contribution in [0.25, 0.3) is 0 Å². The third-order valence-corrected chi connectivity index (χ3v) is 2.45. The molecule has 0 aliphatic rings. The van der Waals surface area contributed by atoms with Gasteiger partial charge in [0.2, 0.25) is 0 Å². The molecule has 0 aromatic carbocycles. The Morgan fingerprint density at radius 1 is 1.08 bits per heavy atom. The van der Waals surface area contributed by atoms with Gasteiger partial charge < -0.3 is 0 Å². The lowest BCUT2D eigenvalue weighted by Gasteiger charge is -2.01. The summed E-state index contributed by atoms with van der Waals surface area (Å²) < 4.78 is 0. The van der Waals surface area contributed by atoms with E-state index in [4.69, 9.17) is 11.6 Å². The first-order chi connectivity index (χ1) is 5.81. The van der Waals surface area contributed by atoms with Gasteiger partial charge in [0.25, 0.3) is 0 Å². The summed E-state index contributed by atoms with van der Waals surface area (Å²) in [5, 5.41) is 0. The molecule has 0 fully saturated rings. The second-order valence-corrected chi connectivity index (χ2v) is 3.67. The Morgan fingerprint density at radius 2 is 1.67 bits per heavy atom. The van der Waals surface area contributed by atoms with Crippen LogP contribution in [-0.4, -0.2) is 5.88 Å². The highest BCUT2D eigenvalue weighted by molar-refractivity contribution is 6.19. The van der Waals surface area contributed by atoms with Gasteiger partial charge in [0.15, 0.2) is 0 Å². The molecule has 0 unspecified atom stereocenters. The second kappa shape index (κ2) is 9.12. The Bertz CT molecular complexity index is 108. The third kappa shape index (κ3) is 8.13. The van der Waals surface area contributed by atoms with Gasteiger partial charge in [-0.05, 0) is 12.8 Å². The van der Waals surface area contributed by atoms with Crippen molar-refractivity contribution in [2.24, 2.45) is 0 Å². The molecule has 0 bridgehead atoms. The third-order valence-electron chi connectivity index (χ3n) is 2.07. The van der Waals surface area contributed by atoms with Crippen LogP contribution in [0.2, 0.25) is 0 Å². The SMILES string of the molecule is C=C(CCl)CCCCCCCC. The van der Waals surface area contributed by atoms with E-state index in [1.54, 1.807) is 0 Å². The number of hydrogen-bond acceptors (Lipinski definition) is 0. The molecule has 0 aliphatic heterocycles. The Hall–Kier alpha value is 0.0300. The summed E-state index contributed by atoms with van der Waals surface area (Å²) in [7, 11) is 0. The average molecular weight is 189 g/mol. The van der Waals surface area contributed by atoms with Crippen LogP contribution in [0.5, 0.6) is 0 Å². The fraction of sp³-hybridized carbons (Fsp3) is 0.818. The first kappa shape index (κ1) is 12.0. The number of unbranched alkanes of at least 4 members (excludes halogenated alkanes) is 5. The fourth-order valence-electron chi connectivity index (χ4n) is 1.22. The molecule has 0 aromatic rings. The summed E-state index contributed by atoms with van der Waals surface area (Å²) in [6.07, 6.45) is 9.22. The molecule has 0 atom stereocenters. The average Bonchev–Trinajstić information content (AvgIpc) is 2.10. The van der Waals surface area contributed by atoms with Crippen LogP contribution in [-0.2, 0) is 0 Å². The van der Waals surface area contributed by atoms with Gasteiger partial charge in [-0.25, -0.2) is 0 Å². The molecule has 0 heterocycles. The summed E-state index contributed by atoms with van der Waals surface area (Å²) in [4.78, 5) is 0. The van der Waals surface area contributed by atoms with Gasteiger partial charge in [-0.15, -0.1) is 11.6 Å². The van der Waals surface area contributed by atoms with Crippen molar-refractivity contribution in [1.29, 1.82) is 0 Å². The maximum atomic E-state index is 5.61. The van der Waals surface area contributed by atoms with Crippen LogP contribution in [0.15, 0.2) is 12.2 Å². The van der Waals surface area contributed by atoms with E-state index in [0.29, 0.717) is 5.88 Å². The zero-order valence-electron chi connectivity index (χ0n) is 8.24. The molecule has 0 rings (SSSR count). The lowest BCUT2D eigenvalue weighted by atomic mass is 10.1.